The molecule has 0 unspecified atom stereocenters. The van der Waals surface area contributed by atoms with Crippen molar-refractivity contribution in [1.82, 2.24) is 4.98 Å². The minimum absolute atomic E-state index is 0.0895. The molecular formula is C14H14BrNO3S. The fraction of sp³-hybridized carbons (Fsp3) is 0.286. The monoisotopic (exact) mass is 355 g/mol. The largest absolute Gasteiger partial charge is 0.495 e. The van der Waals surface area contributed by atoms with Crippen molar-refractivity contribution >= 4 is 33.0 Å². The molecule has 1 aromatic carbocycles. The van der Waals surface area contributed by atoms with Crippen LogP contribution in [0.2, 0.25) is 0 Å². The third kappa shape index (κ3) is 2.58. The van der Waals surface area contributed by atoms with Crippen LogP contribution in [0.4, 0.5) is 0 Å². The van der Waals surface area contributed by atoms with Crippen LogP contribution in [0.25, 0.3) is 0 Å². The van der Waals surface area contributed by atoms with Gasteiger partial charge in [0.25, 0.3) is 0 Å². The molecule has 0 fully saturated rings. The highest BCUT2D eigenvalue weighted by atomic mass is 79.9. The van der Waals surface area contributed by atoms with E-state index in [1.165, 1.54) is 18.4 Å². The molecule has 0 atom stereocenters. The molecule has 0 saturated carbocycles. The van der Waals surface area contributed by atoms with E-state index in [9.17, 15) is 4.79 Å². The second-order valence-electron chi connectivity index (χ2n) is 4.14. The SMILES string of the molecule is COc1ccc(C(=O)c2sc(C)nc2C)c(OC)c1Br. The van der Waals surface area contributed by atoms with Gasteiger partial charge in [0.2, 0.25) is 5.78 Å². The van der Waals surface area contributed by atoms with Gasteiger partial charge in [0.1, 0.15) is 16.0 Å². The van der Waals surface area contributed by atoms with Crippen molar-refractivity contribution in [2.45, 2.75) is 13.8 Å². The molecule has 1 aromatic heterocycles. The van der Waals surface area contributed by atoms with Crippen LogP contribution in [0.15, 0.2) is 16.6 Å². The minimum atomic E-state index is -0.0895. The summed E-state index contributed by atoms with van der Waals surface area (Å²) in [4.78, 5) is 17.6. The summed E-state index contributed by atoms with van der Waals surface area (Å²) in [6.07, 6.45) is 0. The van der Waals surface area contributed by atoms with Crippen LogP contribution in [-0.2, 0) is 0 Å². The number of ketones is 1. The molecular weight excluding hydrogens is 342 g/mol. The fourth-order valence-corrected chi connectivity index (χ4v) is 3.48. The summed E-state index contributed by atoms with van der Waals surface area (Å²) in [7, 11) is 3.10. The van der Waals surface area contributed by atoms with Gasteiger partial charge in [0.05, 0.1) is 35.4 Å². The maximum Gasteiger partial charge on any atom is 0.208 e. The molecule has 2 aromatic rings. The number of carbonyl (C=O) groups is 1. The van der Waals surface area contributed by atoms with Crippen LogP contribution in [-0.4, -0.2) is 25.0 Å². The topological polar surface area (TPSA) is 48.4 Å². The number of aromatic nitrogens is 1. The molecule has 0 radical (unpaired) electrons. The quantitative estimate of drug-likeness (QED) is 0.783. The Hall–Kier alpha value is -1.40. The smallest absolute Gasteiger partial charge is 0.208 e. The number of benzene rings is 1. The molecule has 6 heteroatoms. The van der Waals surface area contributed by atoms with Crippen molar-refractivity contribution in [3.8, 4) is 11.5 Å². The van der Waals surface area contributed by atoms with Gasteiger partial charge in [-0.15, -0.1) is 11.3 Å². The lowest BCUT2D eigenvalue weighted by molar-refractivity contribution is 0.103. The zero-order chi connectivity index (χ0) is 14.9. The molecule has 0 bridgehead atoms. The van der Waals surface area contributed by atoms with Gasteiger partial charge in [0, 0.05) is 0 Å². The molecule has 1 heterocycles. The highest BCUT2D eigenvalue weighted by Crippen LogP contribution is 2.38. The summed E-state index contributed by atoms with van der Waals surface area (Å²) in [6, 6.07) is 3.45. The van der Waals surface area contributed by atoms with E-state index in [4.69, 9.17) is 9.47 Å². The number of rotatable bonds is 4. The lowest BCUT2D eigenvalue weighted by atomic mass is 10.1. The zero-order valence-electron chi connectivity index (χ0n) is 11.6. The molecule has 0 aliphatic heterocycles. The fourth-order valence-electron chi connectivity index (χ4n) is 1.94. The first-order valence-electron chi connectivity index (χ1n) is 5.88. The third-order valence-electron chi connectivity index (χ3n) is 2.84. The van der Waals surface area contributed by atoms with Crippen molar-refractivity contribution in [2.24, 2.45) is 0 Å². The van der Waals surface area contributed by atoms with Gasteiger partial charge in [-0.3, -0.25) is 4.79 Å². The molecule has 2 rings (SSSR count). The van der Waals surface area contributed by atoms with Crippen LogP contribution in [0.1, 0.15) is 25.9 Å². The molecule has 0 saturated heterocycles. The van der Waals surface area contributed by atoms with Crippen molar-refractivity contribution < 1.29 is 14.3 Å². The number of methoxy groups -OCH3 is 2. The zero-order valence-corrected chi connectivity index (χ0v) is 14.0. The van der Waals surface area contributed by atoms with Crippen molar-refractivity contribution in [3.05, 3.63) is 37.7 Å². The second kappa shape index (κ2) is 5.93. The van der Waals surface area contributed by atoms with E-state index in [0.717, 1.165) is 10.7 Å². The standard InChI is InChI=1S/C14H14BrNO3S/c1-7-14(20-8(2)16-7)12(17)9-5-6-10(18-3)11(15)13(9)19-4/h5-6H,1-4H3. The summed E-state index contributed by atoms with van der Waals surface area (Å²) < 4.78 is 11.2. The van der Waals surface area contributed by atoms with E-state index >= 15 is 0 Å². The number of thiazole rings is 1. The molecule has 0 N–H and O–H groups in total. The molecule has 0 aliphatic rings. The van der Waals surface area contributed by atoms with Gasteiger partial charge in [-0.05, 0) is 41.9 Å². The Morgan fingerprint density at radius 1 is 1.25 bits per heavy atom. The van der Waals surface area contributed by atoms with Gasteiger partial charge in [-0.25, -0.2) is 4.98 Å². The Kier molecular flexibility index (Phi) is 4.45. The second-order valence-corrected chi connectivity index (χ2v) is 6.14. The molecule has 0 spiro atoms. The van der Waals surface area contributed by atoms with Crippen LogP contribution >= 0.6 is 27.3 Å². The highest BCUT2D eigenvalue weighted by Gasteiger charge is 2.22. The Morgan fingerprint density at radius 3 is 2.45 bits per heavy atom. The first kappa shape index (κ1) is 15.0. The summed E-state index contributed by atoms with van der Waals surface area (Å²) in [5, 5.41) is 0.873. The van der Waals surface area contributed by atoms with E-state index in [0.29, 0.717) is 26.4 Å². The number of nitrogens with zero attached hydrogens (tertiary/aromatic N) is 1. The van der Waals surface area contributed by atoms with E-state index in [1.54, 1.807) is 19.2 Å². The maximum atomic E-state index is 12.6. The van der Waals surface area contributed by atoms with Crippen molar-refractivity contribution in [2.75, 3.05) is 14.2 Å². The molecule has 106 valence electrons. The minimum Gasteiger partial charge on any atom is -0.495 e. The Bertz CT molecular complexity index is 667. The van der Waals surface area contributed by atoms with E-state index in [1.807, 2.05) is 13.8 Å². The van der Waals surface area contributed by atoms with E-state index < -0.39 is 0 Å². The predicted octanol–water partition coefficient (Wildman–Crippen LogP) is 3.77. The summed E-state index contributed by atoms with van der Waals surface area (Å²) in [5.74, 6) is 1.00. The number of halogens is 1. The molecule has 4 nitrogen and oxygen atoms in total. The van der Waals surface area contributed by atoms with Gasteiger partial charge in [0.15, 0.2) is 0 Å². The number of carbonyl (C=O) groups excluding carboxylic acids is 1. The lowest BCUT2D eigenvalue weighted by Crippen LogP contribution is -2.05. The van der Waals surface area contributed by atoms with Crippen LogP contribution in [0.5, 0.6) is 11.5 Å². The van der Waals surface area contributed by atoms with Gasteiger partial charge in [-0.2, -0.15) is 0 Å². The van der Waals surface area contributed by atoms with E-state index in [-0.39, 0.29) is 5.78 Å². The molecule has 0 aliphatic carbocycles. The van der Waals surface area contributed by atoms with Crippen LogP contribution in [0, 0.1) is 13.8 Å². The number of ether oxygens (including phenoxy) is 2. The highest BCUT2D eigenvalue weighted by molar-refractivity contribution is 9.10. The van der Waals surface area contributed by atoms with Crippen molar-refractivity contribution in [3.63, 3.8) is 0 Å². The Balaban J connectivity index is 2.55. The van der Waals surface area contributed by atoms with Gasteiger partial charge in [-0.1, -0.05) is 0 Å². The third-order valence-corrected chi connectivity index (χ3v) is 4.66. The maximum absolute atomic E-state index is 12.6. The number of hydrogen-bond acceptors (Lipinski definition) is 5. The number of aryl methyl sites for hydroxylation is 2. The first-order valence-corrected chi connectivity index (χ1v) is 7.49. The average Bonchev–Trinajstić information content (AvgIpc) is 2.76. The van der Waals surface area contributed by atoms with Gasteiger partial charge >= 0.3 is 0 Å². The Labute approximate surface area is 129 Å². The number of hydrogen-bond donors (Lipinski definition) is 0. The van der Waals surface area contributed by atoms with Crippen LogP contribution < -0.4 is 9.47 Å². The molecule has 20 heavy (non-hydrogen) atoms. The summed E-state index contributed by atoms with van der Waals surface area (Å²) >= 11 is 4.79. The normalized spacial score (nSPS) is 10.4. The lowest BCUT2D eigenvalue weighted by Gasteiger charge is -2.12. The van der Waals surface area contributed by atoms with Gasteiger partial charge < -0.3 is 9.47 Å². The first-order chi connectivity index (χ1) is 9.49. The van der Waals surface area contributed by atoms with Crippen molar-refractivity contribution in [1.29, 1.82) is 0 Å². The van der Waals surface area contributed by atoms with E-state index in [2.05, 4.69) is 20.9 Å². The summed E-state index contributed by atoms with van der Waals surface area (Å²) in [6.45, 7) is 3.72. The molecule has 0 amide bonds. The predicted molar refractivity (Wildman–Crippen MR) is 82.3 cm³/mol. The average molecular weight is 356 g/mol. The Morgan fingerprint density at radius 2 is 1.95 bits per heavy atom. The van der Waals surface area contributed by atoms with Crippen LogP contribution in [0.3, 0.4) is 0 Å². The summed E-state index contributed by atoms with van der Waals surface area (Å²) in [5.41, 5.74) is 1.23.